The van der Waals surface area contributed by atoms with Gasteiger partial charge in [-0.2, -0.15) is 0 Å². The maximum atomic E-state index is 5.26. The van der Waals surface area contributed by atoms with E-state index in [0.29, 0.717) is 0 Å². The third kappa shape index (κ3) is 4.44. The number of ether oxygens (including phenoxy) is 1. The molecular weight excluding hydrogens is 190 g/mol. The van der Waals surface area contributed by atoms with Gasteiger partial charge < -0.3 is 14.6 Å². The number of nitrogens with zero attached hydrogens (tertiary/aromatic N) is 2. The van der Waals surface area contributed by atoms with E-state index in [-0.39, 0.29) is 0 Å². The minimum absolute atomic E-state index is 0.808. The molecule has 0 amide bonds. The van der Waals surface area contributed by atoms with Crippen molar-refractivity contribution in [1.29, 1.82) is 0 Å². The average Bonchev–Trinajstić information content (AvgIpc) is 2.70. The first-order chi connectivity index (χ1) is 7.38. The van der Waals surface area contributed by atoms with Gasteiger partial charge in [-0.3, -0.25) is 0 Å². The van der Waals surface area contributed by atoms with Crippen LogP contribution in [0.25, 0.3) is 0 Å². The molecule has 0 saturated carbocycles. The second-order valence-electron chi connectivity index (χ2n) is 3.40. The van der Waals surface area contributed by atoms with Crippen molar-refractivity contribution in [2.24, 2.45) is 0 Å². The molecule has 0 aliphatic carbocycles. The molecule has 1 N–H and O–H groups in total. The van der Waals surface area contributed by atoms with Crippen LogP contribution in [-0.2, 0) is 17.8 Å². The molecule has 0 saturated heterocycles. The zero-order valence-corrected chi connectivity index (χ0v) is 9.70. The Balaban J connectivity index is 2.09. The molecule has 0 spiro atoms. The molecule has 0 aliphatic rings. The third-order valence-electron chi connectivity index (χ3n) is 2.29. The smallest absolute Gasteiger partial charge is 0.0948 e. The van der Waals surface area contributed by atoms with Crippen LogP contribution in [0.2, 0.25) is 0 Å². The largest absolute Gasteiger partial charge is 0.382 e. The zero-order chi connectivity index (χ0) is 10.9. The summed E-state index contributed by atoms with van der Waals surface area (Å²) in [5.74, 6) is 0. The number of aromatic nitrogens is 2. The second-order valence-corrected chi connectivity index (χ2v) is 3.40. The second kappa shape index (κ2) is 7.43. The molecule has 1 heterocycles. The fraction of sp³-hybridized carbons (Fsp3) is 0.727. The molecular formula is C11H21N3O. The minimum atomic E-state index is 0.808. The van der Waals surface area contributed by atoms with Crippen molar-refractivity contribution in [3.8, 4) is 0 Å². The molecule has 0 bridgehead atoms. The van der Waals surface area contributed by atoms with Gasteiger partial charge in [-0.25, -0.2) is 4.98 Å². The van der Waals surface area contributed by atoms with Gasteiger partial charge in [0.25, 0.3) is 0 Å². The van der Waals surface area contributed by atoms with Gasteiger partial charge in [0.2, 0.25) is 0 Å². The van der Waals surface area contributed by atoms with Crippen LogP contribution in [0.3, 0.4) is 0 Å². The van der Waals surface area contributed by atoms with Gasteiger partial charge in [0.05, 0.1) is 12.0 Å². The van der Waals surface area contributed by atoms with Crippen molar-refractivity contribution in [3.05, 3.63) is 18.2 Å². The van der Waals surface area contributed by atoms with Gasteiger partial charge in [-0.1, -0.05) is 0 Å². The molecule has 1 aromatic heterocycles. The zero-order valence-electron chi connectivity index (χ0n) is 9.70. The first kappa shape index (κ1) is 12.2. The van der Waals surface area contributed by atoms with Crippen molar-refractivity contribution in [1.82, 2.24) is 14.9 Å². The van der Waals surface area contributed by atoms with Crippen molar-refractivity contribution >= 4 is 0 Å². The molecule has 0 aromatic carbocycles. The average molecular weight is 211 g/mol. The van der Waals surface area contributed by atoms with Gasteiger partial charge in [-0.15, -0.1) is 0 Å². The van der Waals surface area contributed by atoms with Crippen molar-refractivity contribution in [3.63, 3.8) is 0 Å². The molecule has 15 heavy (non-hydrogen) atoms. The normalized spacial score (nSPS) is 10.8. The number of hydrogen-bond donors (Lipinski definition) is 1. The van der Waals surface area contributed by atoms with E-state index in [4.69, 9.17) is 4.74 Å². The molecule has 4 heteroatoms. The van der Waals surface area contributed by atoms with Crippen LogP contribution in [0.15, 0.2) is 12.5 Å². The molecule has 0 unspecified atom stereocenters. The maximum Gasteiger partial charge on any atom is 0.0948 e. The lowest BCUT2D eigenvalue weighted by Crippen LogP contribution is -2.18. The van der Waals surface area contributed by atoms with Gasteiger partial charge in [-0.05, 0) is 26.8 Å². The Morgan fingerprint density at radius 2 is 2.33 bits per heavy atom. The van der Waals surface area contributed by atoms with E-state index in [2.05, 4.69) is 21.8 Å². The van der Waals surface area contributed by atoms with Gasteiger partial charge >= 0.3 is 0 Å². The van der Waals surface area contributed by atoms with E-state index >= 15 is 0 Å². The summed E-state index contributed by atoms with van der Waals surface area (Å²) in [7, 11) is 0. The molecule has 4 nitrogen and oxygen atoms in total. The predicted molar refractivity (Wildman–Crippen MR) is 60.7 cm³/mol. The van der Waals surface area contributed by atoms with E-state index < -0.39 is 0 Å². The summed E-state index contributed by atoms with van der Waals surface area (Å²) in [6.07, 6.45) is 4.85. The summed E-state index contributed by atoms with van der Waals surface area (Å²) in [6.45, 7) is 8.66. The molecule has 0 atom stereocenters. The van der Waals surface area contributed by atoms with Crippen LogP contribution in [0.4, 0.5) is 0 Å². The van der Waals surface area contributed by atoms with Crippen LogP contribution in [0, 0.1) is 0 Å². The quantitative estimate of drug-likeness (QED) is 0.661. The summed E-state index contributed by atoms with van der Waals surface area (Å²) in [4.78, 5) is 4.12. The Morgan fingerprint density at radius 1 is 1.47 bits per heavy atom. The first-order valence-electron chi connectivity index (χ1n) is 5.66. The maximum absolute atomic E-state index is 5.26. The Bertz CT molecular complexity index is 260. The fourth-order valence-corrected chi connectivity index (χ4v) is 1.44. The molecule has 1 aromatic rings. The van der Waals surface area contributed by atoms with Crippen LogP contribution < -0.4 is 5.32 Å². The number of imidazole rings is 1. The molecule has 86 valence electrons. The highest BCUT2D eigenvalue weighted by molar-refractivity contribution is 4.97. The van der Waals surface area contributed by atoms with Crippen LogP contribution in [-0.4, -0.2) is 29.3 Å². The highest BCUT2D eigenvalue weighted by Gasteiger charge is 1.98. The summed E-state index contributed by atoms with van der Waals surface area (Å²) >= 11 is 0. The first-order valence-corrected chi connectivity index (χ1v) is 5.66. The van der Waals surface area contributed by atoms with E-state index in [1.165, 1.54) is 5.69 Å². The standard InChI is InChI=1S/C11H21N3O/c1-3-14-10-13-9-11(14)8-12-6-5-7-15-4-2/h9-10,12H,3-8H2,1-2H3. The lowest BCUT2D eigenvalue weighted by molar-refractivity contribution is 0.144. The van der Waals surface area contributed by atoms with Crippen molar-refractivity contribution in [2.75, 3.05) is 19.8 Å². The SMILES string of the molecule is CCOCCCNCc1cncn1CC. The molecule has 1 rings (SSSR count). The van der Waals surface area contributed by atoms with Crippen LogP contribution in [0.1, 0.15) is 26.0 Å². The number of nitrogens with one attached hydrogen (secondary N) is 1. The lowest BCUT2D eigenvalue weighted by Gasteiger charge is -2.06. The predicted octanol–water partition coefficient (Wildman–Crippen LogP) is 1.42. The van der Waals surface area contributed by atoms with Crippen LogP contribution >= 0.6 is 0 Å². The van der Waals surface area contributed by atoms with Crippen molar-refractivity contribution in [2.45, 2.75) is 33.4 Å². The van der Waals surface area contributed by atoms with E-state index in [9.17, 15) is 0 Å². The highest BCUT2D eigenvalue weighted by Crippen LogP contribution is 1.97. The number of rotatable bonds is 8. The Hall–Kier alpha value is -0.870. The Morgan fingerprint density at radius 3 is 3.07 bits per heavy atom. The van der Waals surface area contributed by atoms with Gasteiger partial charge in [0.1, 0.15) is 0 Å². The minimum Gasteiger partial charge on any atom is -0.382 e. The molecule has 0 aliphatic heterocycles. The van der Waals surface area contributed by atoms with Gasteiger partial charge in [0, 0.05) is 32.5 Å². The fourth-order valence-electron chi connectivity index (χ4n) is 1.44. The van der Waals surface area contributed by atoms with E-state index in [0.717, 1.165) is 39.3 Å². The van der Waals surface area contributed by atoms with E-state index in [1.807, 2.05) is 19.4 Å². The number of hydrogen-bond acceptors (Lipinski definition) is 3. The summed E-state index contributed by atoms with van der Waals surface area (Å²) in [5.41, 5.74) is 1.24. The van der Waals surface area contributed by atoms with Gasteiger partial charge in [0.15, 0.2) is 0 Å². The topological polar surface area (TPSA) is 39.1 Å². The monoisotopic (exact) mass is 211 g/mol. The molecule has 0 fully saturated rings. The summed E-state index contributed by atoms with van der Waals surface area (Å²) in [6, 6.07) is 0. The highest BCUT2D eigenvalue weighted by atomic mass is 16.5. The van der Waals surface area contributed by atoms with Crippen LogP contribution in [0.5, 0.6) is 0 Å². The number of aryl methyl sites for hydroxylation is 1. The lowest BCUT2D eigenvalue weighted by atomic mass is 10.4. The van der Waals surface area contributed by atoms with Crippen molar-refractivity contribution < 1.29 is 4.74 Å². The molecule has 0 radical (unpaired) electrons. The summed E-state index contributed by atoms with van der Waals surface area (Å²) in [5, 5.41) is 3.38. The Labute approximate surface area is 91.7 Å². The third-order valence-corrected chi connectivity index (χ3v) is 2.29. The Kier molecular flexibility index (Phi) is 6.04. The summed E-state index contributed by atoms with van der Waals surface area (Å²) < 4.78 is 7.41. The van der Waals surface area contributed by atoms with E-state index in [1.54, 1.807) is 0 Å².